The van der Waals surface area contributed by atoms with Crippen LogP contribution < -0.4 is 0 Å². The predicted octanol–water partition coefficient (Wildman–Crippen LogP) is 2.84. The second-order valence-electron chi connectivity index (χ2n) is 4.02. The molecule has 0 aromatic heterocycles. The molecule has 1 aromatic rings. The molecule has 6 heteroatoms. The van der Waals surface area contributed by atoms with E-state index in [4.69, 9.17) is 11.6 Å². The quantitative estimate of drug-likeness (QED) is 0.573. The molecule has 0 aliphatic rings. The summed E-state index contributed by atoms with van der Waals surface area (Å²) in [4.78, 5) is 25.7. The lowest BCUT2D eigenvalue weighted by Gasteiger charge is -2.20. The SMILES string of the molecule is CCN(CCC(=O)OC)C(=O)CSc1ccccc1Cl. The maximum absolute atomic E-state index is 12.1. The normalized spacial score (nSPS) is 10.2. The minimum atomic E-state index is -0.310. The first-order valence-electron chi connectivity index (χ1n) is 6.30. The fourth-order valence-corrected chi connectivity index (χ4v) is 2.72. The van der Waals surface area contributed by atoms with Crippen LogP contribution in [-0.4, -0.2) is 42.7 Å². The Kier molecular flexibility index (Phi) is 7.47. The third-order valence-corrected chi connectivity index (χ3v) is 4.24. The molecule has 0 saturated carbocycles. The highest BCUT2D eigenvalue weighted by Crippen LogP contribution is 2.26. The molecule has 0 heterocycles. The number of rotatable bonds is 7. The van der Waals surface area contributed by atoms with E-state index in [1.54, 1.807) is 11.0 Å². The fourth-order valence-electron chi connectivity index (χ4n) is 1.58. The van der Waals surface area contributed by atoms with Gasteiger partial charge in [0, 0.05) is 18.0 Å². The van der Waals surface area contributed by atoms with Crippen LogP contribution in [0.3, 0.4) is 0 Å². The first kappa shape index (κ1) is 16.9. The number of thioether (sulfide) groups is 1. The number of amides is 1. The van der Waals surface area contributed by atoms with Gasteiger partial charge < -0.3 is 9.64 Å². The Balaban J connectivity index is 2.47. The van der Waals surface area contributed by atoms with Crippen molar-refractivity contribution in [3.05, 3.63) is 29.3 Å². The van der Waals surface area contributed by atoms with E-state index < -0.39 is 0 Å². The van der Waals surface area contributed by atoms with Crippen molar-refractivity contribution in [2.75, 3.05) is 26.0 Å². The van der Waals surface area contributed by atoms with Crippen molar-refractivity contribution in [2.24, 2.45) is 0 Å². The number of nitrogens with zero attached hydrogens (tertiary/aromatic N) is 1. The van der Waals surface area contributed by atoms with Crippen molar-refractivity contribution in [3.8, 4) is 0 Å². The van der Waals surface area contributed by atoms with Gasteiger partial charge in [-0.2, -0.15) is 0 Å². The Bertz CT molecular complexity index is 467. The molecule has 0 N–H and O–H groups in total. The van der Waals surface area contributed by atoms with Gasteiger partial charge in [0.25, 0.3) is 0 Å². The van der Waals surface area contributed by atoms with Crippen LogP contribution >= 0.6 is 23.4 Å². The summed E-state index contributed by atoms with van der Waals surface area (Å²) in [6.07, 6.45) is 0.215. The molecule has 0 aliphatic carbocycles. The monoisotopic (exact) mass is 315 g/mol. The minimum absolute atomic E-state index is 0.0127. The van der Waals surface area contributed by atoms with E-state index in [0.717, 1.165) is 4.90 Å². The summed E-state index contributed by atoms with van der Waals surface area (Å²) in [5.41, 5.74) is 0. The van der Waals surface area contributed by atoms with Gasteiger partial charge in [0.15, 0.2) is 0 Å². The molecule has 0 spiro atoms. The second-order valence-corrected chi connectivity index (χ2v) is 5.44. The number of halogens is 1. The Morgan fingerprint density at radius 2 is 2.05 bits per heavy atom. The zero-order valence-corrected chi connectivity index (χ0v) is 13.2. The molecule has 0 radical (unpaired) electrons. The maximum Gasteiger partial charge on any atom is 0.307 e. The molecule has 1 aromatic carbocycles. The van der Waals surface area contributed by atoms with Crippen molar-refractivity contribution < 1.29 is 14.3 Å². The molecule has 110 valence electrons. The predicted molar refractivity (Wildman–Crippen MR) is 81.1 cm³/mol. The van der Waals surface area contributed by atoms with Crippen LogP contribution in [0.1, 0.15) is 13.3 Å². The number of carbonyl (C=O) groups excluding carboxylic acids is 2. The third-order valence-electron chi connectivity index (χ3n) is 2.74. The Labute approximate surface area is 128 Å². The van der Waals surface area contributed by atoms with E-state index >= 15 is 0 Å². The molecule has 0 saturated heterocycles. The molecule has 0 aliphatic heterocycles. The van der Waals surface area contributed by atoms with Crippen molar-refractivity contribution in [1.82, 2.24) is 4.90 Å². The zero-order valence-electron chi connectivity index (χ0n) is 11.6. The van der Waals surface area contributed by atoms with E-state index in [-0.39, 0.29) is 18.3 Å². The topological polar surface area (TPSA) is 46.6 Å². The molecule has 0 fully saturated rings. The van der Waals surface area contributed by atoms with E-state index in [1.807, 2.05) is 25.1 Å². The number of hydrogen-bond donors (Lipinski definition) is 0. The average Bonchev–Trinajstić information content (AvgIpc) is 2.46. The summed E-state index contributed by atoms with van der Waals surface area (Å²) in [6, 6.07) is 7.41. The Morgan fingerprint density at radius 3 is 2.65 bits per heavy atom. The summed E-state index contributed by atoms with van der Waals surface area (Å²) in [5, 5.41) is 0.642. The van der Waals surface area contributed by atoms with Gasteiger partial charge in [0.05, 0.1) is 24.3 Å². The molecule has 0 bridgehead atoms. The zero-order chi connectivity index (χ0) is 15.0. The van der Waals surface area contributed by atoms with Gasteiger partial charge in [0.2, 0.25) is 5.91 Å². The molecule has 4 nitrogen and oxygen atoms in total. The van der Waals surface area contributed by atoms with Crippen molar-refractivity contribution >= 4 is 35.2 Å². The summed E-state index contributed by atoms with van der Waals surface area (Å²) in [6.45, 7) is 2.83. The fraction of sp³-hybridized carbons (Fsp3) is 0.429. The van der Waals surface area contributed by atoms with E-state index in [1.165, 1.54) is 18.9 Å². The Hall–Kier alpha value is -1.20. The highest BCUT2D eigenvalue weighted by Gasteiger charge is 2.14. The smallest absolute Gasteiger partial charge is 0.307 e. The first-order chi connectivity index (χ1) is 9.58. The largest absolute Gasteiger partial charge is 0.469 e. The van der Waals surface area contributed by atoms with Crippen LogP contribution in [-0.2, 0) is 14.3 Å². The van der Waals surface area contributed by atoms with E-state index in [2.05, 4.69) is 4.74 Å². The average molecular weight is 316 g/mol. The van der Waals surface area contributed by atoms with Crippen molar-refractivity contribution in [3.63, 3.8) is 0 Å². The van der Waals surface area contributed by atoms with Crippen LogP contribution in [0.25, 0.3) is 0 Å². The van der Waals surface area contributed by atoms with Gasteiger partial charge in [-0.05, 0) is 19.1 Å². The lowest BCUT2D eigenvalue weighted by molar-refractivity contribution is -0.141. The van der Waals surface area contributed by atoms with Crippen molar-refractivity contribution in [1.29, 1.82) is 0 Å². The lowest BCUT2D eigenvalue weighted by Crippen LogP contribution is -2.34. The molecule has 0 atom stereocenters. The summed E-state index contributed by atoms with van der Waals surface area (Å²) in [5.74, 6) is -0.0185. The highest BCUT2D eigenvalue weighted by atomic mass is 35.5. The summed E-state index contributed by atoms with van der Waals surface area (Å²) >= 11 is 7.44. The van der Waals surface area contributed by atoms with Crippen LogP contribution in [0.2, 0.25) is 5.02 Å². The summed E-state index contributed by atoms with van der Waals surface area (Å²) in [7, 11) is 1.34. The van der Waals surface area contributed by atoms with Gasteiger partial charge in [-0.25, -0.2) is 0 Å². The maximum atomic E-state index is 12.1. The molecule has 1 rings (SSSR count). The molecular weight excluding hydrogens is 298 g/mol. The number of benzene rings is 1. The van der Waals surface area contributed by atoms with Crippen LogP contribution in [0.15, 0.2) is 29.2 Å². The second kappa shape index (κ2) is 8.87. The number of carbonyl (C=O) groups is 2. The molecule has 0 unspecified atom stereocenters. The molecule has 20 heavy (non-hydrogen) atoms. The van der Waals surface area contributed by atoms with E-state index in [0.29, 0.717) is 23.9 Å². The van der Waals surface area contributed by atoms with Gasteiger partial charge >= 0.3 is 5.97 Å². The summed E-state index contributed by atoms with van der Waals surface area (Å²) < 4.78 is 4.57. The first-order valence-corrected chi connectivity index (χ1v) is 7.66. The van der Waals surface area contributed by atoms with Crippen LogP contribution in [0, 0.1) is 0 Å². The van der Waals surface area contributed by atoms with E-state index in [9.17, 15) is 9.59 Å². The van der Waals surface area contributed by atoms with Crippen molar-refractivity contribution in [2.45, 2.75) is 18.2 Å². The van der Waals surface area contributed by atoms with Gasteiger partial charge in [0.1, 0.15) is 0 Å². The van der Waals surface area contributed by atoms with Gasteiger partial charge in [-0.3, -0.25) is 9.59 Å². The number of hydrogen-bond acceptors (Lipinski definition) is 4. The third kappa shape index (κ3) is 5.43. The van der Waals surface area contributed by atoms with Gasteiger partial charge in [-0.1, -0.05) is 23.7 Å². The highest BCUT2D eigenvalue weighted by molar-refractivity contribution is 8.00. The number of methoxy groups -OCH3 is 1. The minimum Gasteiger partial charge on any atom is -0.469 e. The van der Waals surface area contributed by atoms with Gasteiger partial charge in [-0.15, -0.1) is 11.8 Å². The molecule has 1 amide bonds. The lowest BCUT2D eigenvalue weighted by atomic mass is 10.3. The van der Waals surface area contributed by atoms with Crippen LogP contribution in [0.5, 0.6) is 0 Å². The number of esters is 1. The Morgan fingerprint density at radius 1 is 1.35 bits per heavy atom. The van der Waals surface area contributed by atoms with Crippen LogP contribution in [0.4, 0.5) is 0 Å². The number of ether oxygens (including phenoxy) is 1. The molecular formula is C14H18ClNO3S. The standard InChI is InChI=1S/C14H18ClNO3S/c1-3-16(9-8-14(18)19-2)13(17)10-20-12-7-5-4-6-11(12)15/h4-7H,3,8-10H2,1-2H3.